The van der Waals surface area contributed by atoms with E-state index in [0.717, 1.165) is 19.4 Å². The highest BCUT2D eigenvalue weighted by molar-refractivity contribution is 5.48. The van der Waals surface area contributed by atoms with E-state index in [1.165, 1.54) is 0 Å². The lowest BCUT2D eigenvalue weighted by molar-refractivity contribution is 0.0486. The second kappa shape index (κ2) is 3.90. The molecule has 1 heterocycles. The summed E-state index contributed by atoms with van der Waals surface area (Å²) in [7, 11) is 0. The minimum Gasteiger partial charge on any atom is -0.393 e. The van der Waals surface area contributed by atoms with Crippen LogP contribution in [0.5, 0.6) is 0 Å². The van der Waals surface area contributed by atoms with Gasteiger partial charge in [0.05, 0.1) is 6.10 Å². The zero-order chi connectivity index (χ0) is 10.8. The van der Waals surface area contributed by atoms with Crippen molar-refractivity contribution in [2.75, 3.05) is 23.3 Å². The summed E-state index contributed by atoms with van der Waals surface area (Å²) in [5, 5.41) is 12.2. The van der Waals surface area contributed by atoms with Crippen LogP contribution in [0.25, 0.3) is 0 Å². The fourth-order valence-electron chi connectivity index (χ4n) is 1.69. The zero-order valence-corrected chi connectivity index (χ0v) is 8.35. The molecule has 6 heteroatoms. The van der Waals surface area contributed by atoms with Gasteiger partial charge in [-0.15, -0.1) is 0 Å². The number of hydrogen-bond acceptors (Lipinski definition) is 6. The molecule has 2 rings (SSSR count). The number of nitrogens with zero attached hydrogens (tertiary/aromatic N) is 2. The Hall–Kier alpha value is -1.56. The van der Waals surface area contributed by atoms with E-state index in [1.807, 2.05) is 0 Å². The molecule has 1 saturated carbocycles. The lowest BCUT2D eigenvalue weighted by Gasteiger charge is -2.31. The standard InChI is InChI=1S/C9H15N5O/c10-7-3-8(14-9(11)13-7)12-4-5-1-6(15)2-5/h3,5-6,15H,1-2,4H2,(H5,10,11,12,13,14). The van der Waals surface area contributed by atoms with E-state index in [9.17, 15) is 0 Å². The first-order valence-electron chi connectivity index (χ1n) is 4.95. The molecule has 15 heavy (non-hydrogen) atoms. The number of aliphatic hydroxyl groups is 1. The van der Waals surface area contributed by atoms with Gasteiger partial charge in [-0.2, -0.15) is 9.97 Å². The summed E-state index contributed by atoms with van der Waals surface area (Å²) in [4.78, 5) is 7.77. The van der Waals surface area contributed by atoms with Gasteiger partial charge >= 0.3 is 0 Å². The van der Waals surface area contributed by atoms with Crippen molar-refractivity contribution in [3.8, 4) is 0 Å². The molecule has 0 radical (unpaired) electrons. The highest BCUT2D eigenvalue weighted by Gasteiger charge is 2.26. The van der Waals surface area contributed by atoms with Crippen LogP contribution in [0.4, 0.5) is 17.6 Å². The normalized spacial score (nSPS) is 24.6. The van der Waals surface area contributed by atoms with E-state index in [4.69, 9.17) is 16.6 Å². The Balaban J connectivity index is 1.88. The lowest BCUT2D eigenvalue weighted by atomic mass is 9.82. The predicted molar refractivity (Wildman–Crippen MR) is 58.1 cm³/mol. The molecule has 1 fully saturated rings. The van der Waals surface area contributed by atoms with Gasteiger partial charge in [0.25, 0.3) is 0 Å². The number of hydrogen-bond donors (Lipinski definition) is 4. The van der Waals surface area contributed by atoms with Crippen molar-refractivity contribution in [2.45, 2.75) is 18.9 Å². The molecule has 0 bridgehead atoms. The summed E-state index contributed by atoms with van der Waals surface area (Å²) >= 11 is 0. The molecular formula is C9H15N5O. The van der Waals surface area contributed by atoms with E-state index in [-0.39, 0.29) is 12.1 Å². The number of anilines is 3. The van der Waals surface area contributed by atoms with Crippen molar-refractivity contribution in [3.05, 3.63) is 6.07 Å². The summed E-state index contributed by atoms with van der Waals surface area (Å²) in [6, 6.07) is 1.64. The maximum Gasteiger partial charge on any atom is 0.223 e. The van der Waals surface area contributed by atoms with E-state index >= 15 is 0 Å². The molecule has 0 unspecified atom stereocenters. The second-order valence-electron chi connectivity index (χ2n) is 3.91. The Kier molecular flexibility index (Phi) is 2.59. The van der Waals surface area contributed by atoms with Gasteiger partial charge in [0.15, 0.2) is 0 Å². The quantitative estimate of drug-likeness (QED) is 0.550. The minimum absolute atomic E-state index is 0.127. The maximum absolute atomic E-state index is 9.11. The van der Waals surface area contributed by atoms with Crippen LogP contribution >= 0.6 is 0 Å². The molecule has 6 nitrogen and oxygen atoms in total. The molecule has 6 N–H and O–H groups in total. The van der Waals surface area contributed by atoms with Crippen LogP contribution in [-0.2, 0) is 0 Å². The molecule has 0 saturated heterocycles. The SMILES string of the molecule is Nc1cc(NCC2CC(O)C2)nc(N)n1. The van der Waals surface area contributed by atoms with Gasteiger partial charge in [0.2, 0.25) is 5.95 Å². The van der Waals surface area contributed by atoms with Gasteiger partial charge in [0, 0.05) is 12.6 Å². The molecule has 0 spiro atoms. The molecule has 0 atom stereocenters. The third-order valence-electron chi connectivity index (χ3n) is 2.55. The Morgan fingerprint density at radius 2 is 2.13 bits per heavy atom. The van der Waals surface area contributed by atoms with Crippen LogP contribution in [0.3, 0.4) is 0 Å². The van der Waals surface area contributed by atoms with Gasteiger partial charge in [-0.25, -0.2) is 0 Å². The van der Waals surface area contributed by atoms with E-state index in [2.05, 4.69) is 15.3 Å². The molecule has 82 valence electrons. The third-order valence-corrected chi connectivity index (χ3v) is 2.55. The molecule has 0 aliphatic heterocycles. The zero-order valence-electron chi connectivity index (χ0n) is 8.35. The topological polar surface area (TPSA) is 110 Å². The second-order valence-corrected chi connectivity index (χ2v) is 3.91. The van der Waals surface area contributed by atoms with E-state index in [0.29, 0.717) is 17.6 Å². The summed E-state index contributed by atoms with van der Waals surface area (Å²) in [6.45, 7) is 0.785. The highest BCUT2D eigenvalue weighted by atomic mass is 16.3. The Bertz CT molecular complexity index is 330. The average Bonchev–Trinajstić information content (AvgIpc) is 2.09. The lowest BCUT2D eigenvalue weighted by Crippen LogP contribution is -2.33. The summed E-state index contributed by atoms with van der Waals surface area (Å²) in [6.07, 6.45) is 1.57. The van der Waals surface area contributed by atoms with Gasteiger partial charge in [-0.3, -0.25) is 0 Å². The first kappa shape index (κ1) is 9.97. The third kappa shape index (κ3) is 2.47. The number of nitrogen functional groups attached to an aromatic ring is 2. The number of aliphatic hydroxyl groups excluding tert-OH is 1. The molecular weight excluding hydrogens is 194 g/mol. The minimum atomic E-state index is -0.127. The highest BCUT2D eigenvalue weighted by Crippen LogP contribution is 2.27. The monoisotopic (exact) mass is 209 g/mol. The van der Waals surface area contributed by atoms with Crippen LogP contribution in [0.1, 0.15) is 12.8 Å². The first-order valence-corrected chi connectivity index (χ1v) is 4.95. The van der Waals surface area contributed by atoms with Crippen molar-refractivity contribution in [3.63, 3.8) is 0 Å². The van der Waals surface area contributed by atoms with Crippen LogP contribution in [0.15, 0.2) is 6.07 Å². The van der Waals surface area contributed by atoms with Gasteiger partial charge < -0.3 is 21.9 Å². The fourth-order valence-corrected chi connectivity index (χ4v) is 1.69. The Labute approximate surface area is 87.7 Å². The first-order chi connectivity index (χ1) is 7.13. The average molecular weight is 209 g/mol. The Morgan fingerprint density at radius 3 is 2.73 bits per heavy atom. The number of nitrogens with one attached hydrogen (secondary N) is 1. The van der Waals surface area contributed by atoms with Gasteiger partial charge in [-0.05, 0) is 18.8 Å². The van der Waals surface area contributed by atoms with Crippen molar-refractivity contribution in [2.24, 2.45) is 5.92 Å². The molecule has 0 amide bonds. The van der Waals surface area contributed by atoms with Gasteiger partial charge in [0.1, 0.15) is 11.6 Å². The number of aromatic nitrogens is 2. The van der Waals surface area contributed by atoms with Crippen LogP contribution in [0.2, 0.25) is 0 Å². The predicted octanol–water partition coefficient (Wildman–Crippen LogP) is -0.176. The summed E-state index contributed by atoms with van der Waals surface area (Å²) in [5.41, 5.74) is 11.0. The maximum atomic E-state index is 9.11. The molecule has 1 aromatic heterocycles. The molecule has 0 aromatic carbocycles. The van der Waals surface area contributed by atoms with Gasteiger partial charge in [-0.1, -0.05) is 0 Å². The number of nitrogens with two attached hydrogens (primary N) is 2. The largest absolute Gasteiger partial charge is 0.393 e. The fraction of sp³-hybridized carbons (Fsp3) is 0.556. The Morgan fingerprint density at radius 1 is 1.40 bits per heavy atom. The van der Waals surface area contributed by atoms with Crippen LogP contribution < -0.4 is 16.8 Å². The number of rotatable bonds is 3. The summed E-state index contributed by atoms with van der Waals surface area (Å²) < 4.78 is 0. The van der Waals surface area contributed by atoms with Crippen molar-refractivity contribution >= 4 is 17.6 Å². The van der Waals surface area contributed by atoms with Crippen LogP contribution in [0, 0.1) is 5.92 Å². The smallest absolute Gasteiger partial charge is 0.223 e. The van der Waals surface area contributed by atoms with Crippen molar-refractivity contribution in [1.29, 1.82) is 0 Å². The van der Waals surface area contributed by atoms with Crippen molar-refractivity contribution in [1.82, 2.24) is 9.97 Å². The van der Waals surface area contributed by atoms with Crippen molar-refractivity contribution < 1.29 is 5.11 Å². The van der Waals surface area contributed by atoms with E-state index in [1.54, 1.807) is 6.07 Å². The van der Waals surface area contributed by atoms with Crippen LogP contribution in [-0.4, -0.2) is 27.7 Å². The molecule has 1 aliphatic rings. The molecule has 1 aromatic rings. The molecule has 1 aliphatic carbocycles. The summed E-state index contributed by atoms with van der Waals surface area (Å²) in [5.74, 6) is 1.68. The van der Waals surface area contributed by atoms with E-state index < -0.39 is 0 Å².